The fourth-order valence-corrected chi connectivity index (χ4v) is 3.33. The van der Waals surface area contributed by atoms with Crippen LogP contribution in [0.15, 0.2) is 59.1 Å². The van der Waals surface area contributed by atoms with E-state index in [9.17, 15) is 9.18 Å². The van der Waals surface area contributed by atoms with Crippen molar-refractivity contribution in [2.75, 3.05) is 6.54 Å². The highest BCUT2D eigenvalue weighted by molar-refractivity contribution is 5.80. The standard InChI is InChI=1S/C20H18FN3O2/c1-13(14-6-3-2-4-7-14)24-12-16(11-18(24)25)19-22-20(26-23-19)15-8-5-9-17(21)10-15/h2-10,13,16H,11-12H2,1H3. The first-order valence-electron chi connectivity index (χ1n) is 8.56. The van der Waals surface area contributed by atoms with E-state index in [1.165, 1.54) is 12.1 Å². The summed E-state index contributed by atoms with van der Waals surface area (Å²) < 4.78 is 18.6. The summed E-state index contributed by atoms with van der Waals surface area (Å²) in [7, 11) is 0. The minimum atomic E-state index is -0.360. The molecule has 1 aliphatic rings. The van der Waals surface area contributed by atoms with Gasteiger partial charge in [-0.2, -0.15) is 4.98 Å². The molecule has 1 amide bonds. The van der Waals surface area contributed by atoms with Crippen molar-refractivity contribution in [1.29, 1.82) is 0 Å². The maximum atomic E-state index is 13.4. The molecule has 132 valence electrons. The number of nitrogens with zero attached hydrogens (tertiary/aromatic N) is 3. The molecule has 1 aromatic heterocycles. The van der Waals surface area contributed by atoms with Gasteiger partial charge in [-0.15, -0.1) is 0 Å². The van der Waals surface area contributed by atoms with Gasteiger partial charge in [-0.3, -0.25) is 4.79 Å². The van der Waals surface area contributed by atoms with Gasteiger partial charge in [-0.05, 0) is 30.7 Å². The molecule has 1 fully saturated rings. The van der Waals surface area contributed by atoms with Crippen molar-refractivity contribution >= 4 is 5.91 Å². The third-order valence-electron chi connectivity index (χ3n) is 4.79. The third-order valence-corrected chi connectivity index (χ3v) is 4.79. The van der Waals surface area contributed by atoms with Gasteiger partial charge in [-0.25, -0.2) is 4.39 Å². The molecule has 4 rings (SSSR count). The van der Waals surface area contributed by atoms with Gasteiger partial charge in [0.05, 0.1) is 6.04 Å². The number of halogens is 1. The van der Waals surface area contributed by atoms with E-state index in [2.05, 4.69) is 10.1 Å². The van der Waals surface area contributed by atoms with Gasteiger partial charge in [0, 0.05) is 24.4 Å². The predicted molar refractivity (Wildman–Crippen MR) is 93.6 cm³/mol. The minimum absolute atomic E-state index is 0.0108. The van der Waals surface area contributed by atoms with E-state index in [0.29, 0.717) is 24.4 Å². The lowest BCUT2D eigenvalue weighted by molar-refractivity contribution is -0.129. The van der Waals surface area contributed by atoms with E-state index in [4.69, 9.17) is 4.52 Å². The zero-order valence-electron chi connectivity index (χ0n) is 14.3. The van der Waals surface area contributed by atoms with Crippen LogP contribution in [-0.2, 0) is 4.79 Å². The molecule has 5 nitrogen and oxygen atoms in total. The molecular weight excluding hydrogens is 333 g/mol. The van der Waals surface area contributed by atoms with Gasteiger partial charge in [0.25, 0.3) is 5.89 Å². The van der Waals surface area contributed by atoms with E-state index >= 15 is 0 Å². The minimum Gasteiger partial charge on any atom is -0.335 e. The normalized spacial score (nSPS) is 18.3. The van der Waals surface area contributed by atoms with E-state index < -0.39 is 0 Å². The zero-order valence-corrected chi connectivity index (χ0v) is 14.3. The first-order valence-corrected chi connectivity index (χ1v) is 8.56. The van der Waals surface area contributed by atoms with E-state index in [1.54, 1.807) is 12.1 Å². The quantitative estimate of drug-likeness (QED) is 0.714. The van der Waals surface area contributed by atoms with Crippen LogP contribution in [0.3, 0.4) is 0 Å². The van der Waals surface area contributed by atoms with Crippen LogP contribution in [0.1, 0.15) is 36.7 Å². The molecule has 0 spiro atoms. The number of carbonyl (C=O) groups excluding carboxylic acids is 1. The average molecular weight is 351 g/mol. The van der Waals surface area contributed by atoms with Crippen LogP contribution in [0.4, 0.5) is 4.39 Å². The number of aromatic nitrogens is 2. The van der Waals surface area contributed by atoms with Crippen LogP contribution in [-0.4, -0.2) is 27.5 Å². The Labute approximate surface area is 150 Å². The lowest BCUT2D eigenvalue weighted by Gasteiger charge is -2.25. The number of rotatable bonds is 4. The van der Waals surface area contributed by atoms with Crippen LogP contribution < -0.4 is 0 Å². The summed E-state index contributed by atoms with van der Waals surface area (Å²) >= 11 is 0. The maximum Gasteiger partial charge on any atom is 0.258 e. The molecule has 26 heavy (non-hydrogen) atoms. The Balaban J connectivity index is 1.52. The van der Waals surface area contributed by atoms with Gasteiger partial charge >= 0.3 is 0 Å². The van der Waals surface area contributed by atoms with Gasteiger partial charge in [0.1, 0.15) is 5.82 Å². The highest BCUT2D eigenvalue weighted by Gasteiger charge is 2.36. The smallest absolute Gasteiger partial charge is 0.258 e. The van der Waals surface area contributed by atoms with Crippen molar-refractivity contribution in [2.45, 2.75) is 25.3 Å². The molecule has 2 heterocycles. The molecule has 0 aliphatic carbocycles. The lowest BCUT2D eigenvalue weighted by atomic mass is 10.1. The van der Waals surface area contributed by atoms with E-state index in [1.807, 2.05) is 42.2 Å². The first kappa shape index (κ1) is 16.4. The molecule has 0 N–H and O–H groups in total. The van der Waals surface area contributed by atoms with Gasteiger partial charge in [0.15, 0.2) is 5.82 Å². The van der Waals surface area contributed by atoms with Gasteiger partial charge < -0.3 is 9.42 Å². The second-order valence-electron chi connectivity index (χ2n) is 6.50. The van der Waals surface area contributed by atoms with E-state index in [0.717, 1.165) is 5.56 Å². The Hall–Kier alpha value is -3.02. The van der Waals surface area contributed by atoms with Crippen molar-refractivity contribution in [2.24, 2.45) is 0 Å². The summed E-state index contributed by atoms with van der Waals surface area (Å²) in [5.74, 6) is 0.339. The Morgan fingerprint density at radius 2 is 2.00 bits per heavy atom. The molecule has 3 aromatic rings. The van der Waals surface area contributed by atoms with Crippen molar-refractivity contribution in [3.8, 4) is 11.5 Å². The summed E-state index contributed by atoms with van der Waals surface area (Å²) in [6.07, 6.45) is 0.347. The molecule has 2 unspecified atom stereocenters. The van der Waals surface area contributed by atoms with Crippen molar-refractivity contribution in [1.82, 2.24) is 15.0 Å². The molecule has 2 aromatic carbocycles. The summed E-state index contributed by atoms with van der Waals surface area (Å²) in [5.41, 5.74) is 1.62. The van der Waals surface area contributed by atoms with Crippen molar-refractivity contribution in [3.63, 3.8) is 0 Å². The number of hydrogen-bond acceptors (Lipinski definition) is 4. The number of benzene rings is 2. The number of hydrogen-bond donors (Lipinski definition) is 0. The largest absolute Gasteiger partial charge is 0.335 e. The molecule has 0 bridgehead atoms. The average Bonchev–Trinajstić information content (AvgIpc) is 3.29. The number of carbonyl (C=O) groups is 1. The SMILES string of the molecule is CC(c1ccccc1)N1CC(c2noc(-c3cccc(F)c3)n2)CC1=O. The fraction of sp³-hybridized carbons (Fsp3) is 0.250. The molecule has 2 atom stereocenters. The number of amides is 1. The highest BCUT2D eigenvalue weighted by atomic mass is 19.1. The van der Waals surface area contributed by atoms with Gasteiger partial charge in [0.2, 0.25) is 5.91 Å². The second-order valence-corrected chi connectivity index (χ2v) is 6.50. The Morgan fingerprint density at radius 3 is 2.77 bits per heavy atom. The third kappa shape index (κ3) is 3.10. The van der Waals surface area contributed by atoms with Crippen LogP contribution in [0.5, 0.6) is 0 Å². The monoisotopic (exact) mass is 351 g/mol. The zero-order chi connectivity index (χ0) is 18.1. The Bertz CT molecular complexity index is 926. The Kier molecular flexibility index (Phi) is 4.24. The predicted octanol–water partition coefficient (Wildman–Crippen LogP) is 3.95. The molecule has 6 heteroatoms. The van der Waals surface area contributed by atoms with Crippen molar-refractivity contribution in [3.05, 3.63) is 71.8 Å². The van der Waals surface area contributed by atoms with Gasteiger partial charge in [-0.1, -0.05) is 41.6 Å². The molecule has 0 radical (unpaired) electrons. The summed E-state index contributed by atoms with van der Waals surface area (Å²) in [6.45, 7) is 2.56. The van der Waals surface area contributed by atoms with E-state index in [-0.39, 0.29) is 29.6 Å². The number of likely N-dealkylation sites (tertiary alicyclic amines) is 1. The van der Waals surface area contributed by atoms with Crippen LogP contribution in [0.2, 0.25) is 0 Å². The summed E-state index contributed by atoms with van der Waals surface area (Å²) in [6, 6.07) is 15.9. The molecule has 0 saturated carbocycles. The molecular formula is C20H18FN3O2. The van der Waals surface area contributed by atoms with Crippen LogP contribution >= 0.6 is 0 Å². The second kappa shape index (κ2) is 6.71. The fourth-order valence-electron chi connectivity index (χ4n) is 3.33. The summed E-state index contributed by atoms with van der Waals surface area (Å²) in [4.78, 5) is 18.7. The topological polar surface area (TPSA) is 59.2 Å². The highest BCUT2D eigenvalue weighted by Crippen LogP contribution is 2.33. The van der Waals surface area contributed by atoms with Crippen molar-refractivity contribution < 1.29 is 13.7 Å². The maximum absolute atomic E-state index is 13.4. The first-order chi connectivity index (χ1) is 12.6. The lowest BCUT2D eigenvalue weighted by Crippen LogP contribution is -2.28. The molecule has 1 aliphatic heterocycles. The Morgan fingerprint density at radius 1 is 1.19 bits per heavy atom. The molecule has 1 saturated heterocycles. The van der Waals surface area contributed by atoms with Crippen LogP contribution in [0.25, 0.3) is 11.5 Å². The summed E-state index contributed by atoms with van der Waals surface area (Å²) in [5, 5.41) is 4.02. The van der Waals surface area contributed by atoms with Crippen LogP contribution in [0, 0.1) is 5.82 Å².